The molecule has 2 N–H and O–H groups in total. The molecule has 0 aromatic carbocycles. The van der Waals surface area contributed by atoms with Gasteiger partial charge in [-0.1, -0.05) is 20.8 Å². The van der Waals surface area contributed by atoms with Crippen LogP contribution >= 0.6 is 0 Å². The van der Waals surface area contributed by atoms with Gasteiger partial charge in [-0.15, -0.1) is 0 Å². The third-order valence-electron chi connectivity index (χ3n) is 4.42. The number of aryl methyl sites for hydroxylation is 1. The first-order valence-electron chi connectivity index (χ1n) is 8.04. The first-order valence-corrected chi connectivity index (χ1v) is 8.04. The number of aliphatic hydroxyl groups excluding tert-OH is 1. The van der Waals surface area contributed by atoms with Crippen LogP contribution in [0.15, 0.2) is 12.4 Å². The number of nitrogens with zero attached hydrogens (tertiary/aromatic N) is 2. The van der Waals surface area contributed by atoms with Crippen LogP contribution in [-0.2, 0) is 9.47 Å². The largest absolute Gasteiger partial charge is 0.389 e. The van der Waals surface area contributed by atoms with E-state index in [2.05, 4.69) is 31.2 Å². The Kier molecular flexibility index (Phi) is 4.29. The van der Waals surface area contributed by atoms with Gasteiger partial charge in [-0.2, -0.15) is 5.10 Å². The summed E-state index contributed by atoms with van der Waals surface area (Å²) in [6.07, 6.45) is 3.67. The maximum Gasteiger partial charge on any atom is 0.183 e. The Hall–Kier alpha value is -0.950. The molecule has 3 heterocycles. The highest BCUT2D eigenvalue weighted by molar-refractivity contribution is 5.05. The molecular weight excluding hydrogens is 282 g/mol. The van der Waals surface area contributed by atoms with Crippen LogP contribution in [0.1, 0.15) is 38.8 Å². The predicted molar refractivity (Wildman–Crippen MR) is 82.5 cm³/mol. The van der Waals surface area contributed by atoms with E-state index in [1.165, 1.54) is 0 Å². The third-order valence-corrected chi connectivity index (χ3v) is 4.42. The highest BCUT2D eigenvalue weighted by Crippen LogP contribution is 2.35. The molecule has 2 aliphatic heterocycles. The molecule has 1 aromatic rings. The minimum absolute atomic E-state index is 0.0899. The van der Waals surface area contributed by atoms with Crippen molar-refractivity contribution in [1.29, 1.82) is 0 Å². The Morgan fingerprint density at radius 3 is 2.86 bits per heavy atom. The maximum atomic E-state index is 10.8. The lowest BCUT2D eigenvalue weighted by Gasteiger charge is -2.39. The van der Waals surface area contributed by atoms with Gasteiger partial charge in [-0.3, -0.25) is 4.68 Å². The summed E-state index contributed by atoms with van der Waals surface area (Å²) in [6, 6.07) is -0.435. The lowest BCUT2D eigenvalue weighted by Crippen LogP contribution is -2.58. The molecule has 2 aliphatic rings. The van der Waals surface area contributed by atoms with E-state index in [-0.39, 0.29) is 23.6 Å². The van der Waals surface area contributed by atoms with Gasteiger partial charge in [0, 0.05) is 6.20 Å². The van der Waals surface area contributed by atoms with Crippen LogP contribution < -0.4 is 5.32 Å². The summed E-state index contributed by atoms with van der Waals surface area (Å²) in [7, 11) is 0. The van der Waals surface area contributed by atoms with Gasteiger partial charge in [0.25, 0.3) is 0 Å². The second-order valence-electron chi connectivity index (χ2n) is 7.65. The molecule has 5 unspecified atom stereocenters. The molecule has 0 aliphatic carbocycles. The van der Waals surface area contributed by atoms with Crippen molar-refractivity contribution in [1.82, 2.24) is 15.1 Å². The van der Waals surface area contributed by atoms with Crippen molar-refractivity contribution in [2.24, 2.45) is 5.41 Å². The van der Waals surface area contributed by atoms with Crippen molar-refractivity contribution in [3.05, 3.63) is 18.0 Å². The smallest absolute Gasteiger partial charge is 0.183 e. The van der Waals surface area contributed by atoms with E-state index in [9.17, 15) is 5.11 Å². The Balaban J connectivity index is 1.71. The molecule has 0 saturated carbocycles. The van der Waals surface area contributed by atoms with Crippen molar-refractivity contribution in [3.8, 4) is 0 Å². The number of ether oxygens (including phenoxy) is 2. The molecule has 3 rings (SSSR count). The fourth-order valence-corrected chi connectivity index (χ4v) is 3.14. The van der Waals surface area contributed by atoms with Gasteiger partial charge < -0.3 is 19.9 Å². The van der Waals surface area contributed by atoms with Crippen LogP contribution in [0.5, 0.6) is 0 Å². The molecule has 2 fully saturated rings. The second kappa shape index (κ2) is 5.92. The molecule has 1 aromatic heterocycles. The summed E-state index contributed by atoms with van der Waals surface area (Å²) in [5, 5.41) is 18.6. The SMILES string of the molecule is Cc1cnn(C2C3OCC(O3)C(NCCC(C)(C)C)C2O)c1. The number of nitrogens with one attached hydrogen (secondary N) is 1. The van der Waals surface area contributed by atoms with Gasteiger partial charge in [0.2, 0.25) is 0 Å². The first-order chi connectivity index (χ1) is 10.3. The highest BCUT2D eigenvalue weighted by atomic mass is 16.7. The standard InChI is InChI=1S/C16H27N3O3/c1-10-7-18-19(8-10)13-14(20)12(11-9-21-15(13)22-11)17-6-5-16(2,3)4/h7-8,11-15,17,20H,5-6,9H2,1-4H3. The number of hydrogen-bond donors (Lipinski definition) is 2. The zero-order valence-electron chi connectivity index (χ0n) is 13.8. The van der Waals surface area contributed by atoms with E-state index in [0.717, 1.165) is 18.5 Å². The molecule has 2 bridgehead atoms. The molecule has 0 radical (unpaired) electrons. The molecule has 0 spiro atoms. The summed E-state index contributed by atoms with van der Waals surface area (Å²) < 4.78 is 13.4. The number of rotatable bonds is 4. The number of aromatic nitrogens is 2. The third kappa shape index (κ3) is 3.20. The molecule has 124 valence electrons. The van der Waals surface area contributed by atoms with E-state index in [1.807, 2.05) is 13.1 Å². The number of aliphatic hydroxyl groups is 1. The van der Waals surface area contributed by atoms with Gasteiger partial charge in [0.15, 0.2) is 6.29 Å². The normalized spacial score (nSPS) is 35.0. The van der Waals surface area contributed by atoms with Gasteiger partial charge in [0.05, 0.1) is 24.9 Å². The number of fused-ring (bicyclic) bond motifs is 2. The van der Waals surface area contributed by atoms with Crippen molar-refractivity contribution < 1.29 is 14.6 Å². The lowest BCUT2D eigenvalue weighted by molar-refractivity contribution is -0.168. The minimum Gasteiger partial charge on any atom is -0.389 e. The Morgan fingerprint density at radius 1 is 1.45 bits per heavy atom. The van der Waals surface area contributed by atoms with Gasteiger partial charge in [-0.25, -0.2) is 0 Å². The average Bonchev–Trinajstić information content (AvgIpc) is 3.01. The molecule has 6 heteroatoms. The Bertz CT molecular complexity index is 511. The minimum atomic E-state index is -0.578. The zero-order chi connectivity index (χ0) is 15.9. The van der Waals surface area contributed by atoms with Gasteiger partial charge in [0.1, 0.15) is 12.1 Å². The van der Waals surface area contributed by atoms with Crippen LogP contribution in [-0.4, -0.2) is 52.6 Å². The zero-order valence-corrected chi connectivity index (χ0v) is 13.8. The molecule has 5 atom stereocenters. The predicted octanol–water partition coefficient (Wildman–Crippen LogP) is 1.24. The Labute approximate surface area is 131 Å². The maximum absolute atomic E-state index is 10.8. The van der Waals surface area contributed by atoms with Crippen molar-refractivity contribution in [3.63, 3.8) is 0 Å². The fourth-order valence-electron chi connectivity index (χ4n) is 3.14. The highest BCUT2D eigenvalue weighted by Gasteiger charge is 2.51. The van der Waals surface area contributed by atoms with Gasteiger partial charge in [-0.05, 0) is 30.9 Å². The summed E-state index contributed by atoms with van der Waals surface area (Å²) in [5.74, 6) is 0. The first kappa shape index (κ1) is 15.9. The van der Waals surface area contributed by atoms with Gasteiger partial charge >= 0.3 is 0 Å². The molecule has 0 amide bonds. The van der Waals surface area contributed by atoms with Crippen LogP contribution in [0.4, 0.5) is 0 Å². The second-order valence-corrected chi connectivity index (χ2v) is 7.65. The van der Waals surface area contributed by atoms with E-state index in [0.29, 0.717) is 6.61 Å². The summed E-state index contributed by atoms with van der Waals surface area (Å²) in [4.78, 5) is 0. The molecule has 22 heavy (non-hydrogen) atoms. The Morgan fingerprint density at radius 2 is 2.23 bits per heavy atom. The van der Waals surface area contributed by atoms with Crippen molar-refractivity contribution in [2.75, 3.05) is 13.2 Å². The van der Waals surface area contributed by atoms with Crippen LogP contribution in [0.25, 0.3) is 0 Å². The fraction of sp³-hybridized carbons (Fsp3) is 0.812. The van der Waals surface area contributed by atoms with E-state index in [4.69, 9.17) is 9.47 Å². The molecular formula is C16H27N3O3. The van der Waals surface area contributed by atoms with Crippen LogP contribution in [0.3, 0.4) is 0 Å². The molecule has 6 nitrogen and oxygen atoms in total. The monoisotopic (exact) mass is 309 g/mol. The summed E-state index contributed by atoms with van der Waals surface area (Å²) in [5.41, 5.74) is 1.32. The lowest BCUT2D eigenvalue weighted by atomic mass is 9.91. The van der Waals surface area contributed by atoms with Crippen molar-refractivity contribution >= 4 is 0 Å². The van der Waals surface area contributed by atoms with Crippen LogP contribution in [0, 0.1) is 12.3 Å². The van der Waals surface area contributed by atoms with E-state index >= 15 is 0 Å². The number of hydrogen-bond acceptors (Lipinski definition) is 5. The molecule has 2 saturated heterocycles. The quantitative estimate of drug-likeness (QED) is 0.876. The average molecular weight is 309 g/mol. The summed E-state index contributed by atoms with van der Waals surface area (Å²) in [6.45, 7) is 9.99. The van der Waals surface area contributed by atoms with E-state index < -0.39 is 12.4 Å². The van der Waals surface area contributed by atoms with Crippen LogP contribution in [0.2, 0.25) is 0 Å². The topological polar surface area (TPSA) is 68.5 Å². The van der Waals surface area contributed by atoms with Crippen molar-refractivity contribution in [2.45, 2.75) is 64.7 Å². The van der Waals surface area contributed by atoms with E-state index in [1.54, 1.807) is 10.9 Å². The summed E-state index contributed by atoms with van der Waals surface area (Å²) >= 11 is 0.